The maximum Gasteiger partial charge on any atom is 0.253 e. The van der Waals surface area contributed by atoms with Crippen LogP contribution in [0.25, 0.3) is 0 Å². The Balaban J connectivity index is 1.20. The lowest BCUT2D eigenvalue weighted by atomic mass is 9.99. The van der Waals surface area contributed by atoms with Gasteiger partial charge in [0, 0.05) is 56.7 Å². The molecular formula is C28H31N3O2. The van der Waals surface area contributed by atoms with E-state index in [1.165, 1.54) is 22.5 Å². The number of fused-ring (bicyclic) bond motifs is 1. The zero-order valence-corrected chi connectivity index (χ0v) is 19.2. The van der Waals surface area contributed by atoms with E-state index in [0.717, 1.165) is 56.9 Å². The van der Waals surface area contributed by atoms with Crippen LogP contribution in [-0.4, -0.2) is 50.7 Å². The summed E-state index contributed by atoms with van der Waals surface area (Å²) in [6.07, 6.45) is 1.06. The van der Waals surface area contributed by atoms with E-state index in [2.05, 4.69) is 70.5 Å². The molecule has 1 amide bonds. The highest BCUT2D eigenvalue weighted by molar-refractivity contribution is 5.94. The van der Waals surface area contributed by atoms with Crippen LogP contribution in [0.3, 0.4) is 0 Å². The van der Waals surface area contributed by atoms with Crippen LogP contribution in [0.2, 0.25) is 0 Å². The number of rotatable bonds is 5. The molecule has 0 radical (unpaired) electrons. The summed E-state index contributed by atoms with van der Waals surface area (Å²) in [5, 5.41) is 0. The maximum absolute atomic E-state index is 13.0. The van der Waals surface area contributed by atoms with Crippen molar-refractivity contribution < 1.29 is 9.53 Å². The smallest absolute Gasteiger partial charge is 0.253 e. The Kier molecular flexibility index (Phi) is 6.31. The summed E-state index contributed by atoms with van der Waals surface area (Å²) in [6.45, 7) is 5.93. The van der Waals surface area contributed by atoms with Gasteiger partial charge in [-0.1, -0.05) is 36.4 Å². The van der Waals surface area contributed by atoms with Gasteiger partial charge in [0.2, 0.25) is 0 Å². The SMILES string of the molecule is CN(Cc1ccc(N2CCOCC2)cc1)C(=O)c1ccc(N2CCc3ccccc3C2)cc1. The molecular weight excluding hydrogens is 410 g/mol. The summed E-state index contributed by atoms with van der Waals surface area (Å²) in [4.78, 5) is 19.5. The van der Waals surface area contributed by atoms with Crippen molar-refractivity contribution in [2.24, 2.45) is 0 Å². The lowest BCUT2D eigenvalue weighted by molar-refractivity contribution is 0.0785. The van der Waals surface area contributed by atoms with E-state index >= 15 is 0 Å². The van der Waals surface area contributed by atoms with Gasteiger partial charge in [0.15, 0.2) is 0 Å². The molecule has 170 valence electrons. The zero-order valence-electron chi connectivity index (χ0n) is 19.2. The number of benzene rings is 3. The molecule has 0 bridgehead atoms. The predicted molar refractivity (Wildman–Crippen MR) is 133 cm³/mol. The van der Waals surface area contributed by atoms with Gasteiger partial charge < -0.3 is 19.4 Å². The number of carbonyl (C=O) groups is 1. The largest absolute Gasteiger partial charge is 0.378 e. The monoisotopic (exact) mass is 441 g/mol. The van der Waals surface area contributed by atoms with Crippen molar-refractivity contribution in [2.45, 2.75) is 19.5 Å². The first-order valence-corrected chi connectivity index (χ1v) is 11.8. The molecule has 1 fully saturated rings. The van der Waals surface area contributed by atoms with Crippen LogP contribution in [0.5, 0.6) is 0 Å². The van der Waals surface area contributed by atoms with E-state index in [1.54, 1.807) is 4.90 Å². The van der Waals surface area contributed by atoms with Crippen LogP contribution >= 0.6 is 0 Å². The first kappa shape index (κ1) is 21.5. The summed E-state index contributed by atoms with van der Waals surface area (Å²) < 4.78 is 5.43. The minimum atomic E-state index is 0.0443. The van der Waals surface area contributed by atoms with Crippen LogP contribution in [-0.2, 0) is 24.2 Å². The van der Waals surface area contributed by atoms with Crippen molar-refractivity contribution in [1.82, 2.24) is 4.90 Å². The fraction of sp³-hybridized carbons (Fsp3) is 0.321. The summed E-state index contributed by atoms with van der Waals surface area (Å²) >= 11 is 0. The molecule has 2 aliphatic heterocycles. The number of amides is 1. The van der Waals surface area contributed by atoms with Crippen LogP contribution in [0.15, 0.2) is 72.8 Å². The van der Waals surface area contributed by atoms with Gasteiger partial charge in [-0.15, -0.1) is 0 Å². The molecule has 5 heteroatoms. The minimum absolute atomic E-state index is 0.0443. The van der Waals surface area contributed by atoms with Crippen molar-refractivity contribution >= 4 is 17.3 Å². The third-order valence-electron chi connectivity index (χ3n) is 6.69. The fourth-order valence-electron chi connectivity index (χ4n) is 4.73. The quantitative estimate of drug-likeness (QED) is 0.590. The van der Waals surface area contributed by atoms with E-state index in [9.17, 15) is 4.79 Å². The van der Waals surface area contributed by atoms with E-state index in [0.29, 0.717) is 6.54 Å². The van der Waals surface area contributed by atoms with Crippen molar-refractivity contribution in [2.75, 3.05) is 49.7 Å². The second-order valence-corrected chi connectivity index (χ2v) is 8.91. The van der Waals surface area contributed by atoms with Gasteiger partial charge in [-0.25, -0.2) is 0 Å². The number of hydrogen-bond donors (Lipinski definition) is 0. The van der Waals surface area contributed by atoms with Gasteiger partial charge in [0.1, 0.15) is 0 Å². The number of carbonyl (C=O) groups excluding carboxylic acids is 1. The number of nitrogens with zero attached hydrogens (tertiary/aromatic N) is 3. The molecule has 0 saturated carbocycles. The molecule has 0 aliphatic carbocycles. The number of ether oxygens (including phenoxy) is 1. The van der Waals surface area contributed by atoms with E-state index in [-0.39, 0.29) is 5.91 Å². The zero-order chi connectivity index (χ0) is 22.6. The van der Waals surface area contributed by atoms with Gasteiger partial charge in [0.25, 0.3) is 5.91 Å². The van der Waals surface area contributed by atoms with Crippen LogP contribution in [0.4, 0.5) is 11.4 Å². The molecule has 33 heavy (non-hydrogen) atoms. The van der Waals surface area contributed by atoms with Crippen molar-refractivity contribution in [3.8, 4) is 0 Å². The standard InChI is InChI=1S/C28H31N3O2/c1-29(20-22-6-10-26(11-7-22)30-16-18-33-19-17-30)28(32)24-8-12-27(13-9-24)31-15-14-23-4-2-3-5-25(23)21-31/h2-13H,14-21H2,1H3. The molecule has 0 N–H and O–H groups in total. The molecule has 0 atom stereocenters. The van der Waals surface area contributed by atoms with Gasteiger partial charge in [-0.2, -0.15) is 0 Å². The summed E-state index contributed by atoms with van der Waals surface area (Å²) in [5.74, 6) is 0.0443. The van der Waals surface area contributed by atoms with Crippen molar-refractivity contribution in [1.29, 1.82) is 0 Å². The van der Waals surface area contributed by atoms with Gasteiger partial charge >= 0.3 is 0 Å². The number of anilines is 2. The summed E-state index contributed by atoms with van der Waals surface area (Å²) in [6, 6.07) is 25.2. The average molecular weight is 442 g/mol. The Bertz CT molecular complexity index is 1090. The summed E-state index contributed by atoms with van der Waals surface area (Å²) in [7, 11) is 1.87. The van der Waals surface area contributed by atoms with Gasteiger partial charge in [-0.3, -0.25) is 4.79 Å². The Morgan fingerprint density at radius 3 is 2.18 bits per heavy atom. The third kappa shape index (κ3) is 4.88. The molecule has 3 aromatic rings. The lowest BCUT2D eigenvalue weighted by Crippen LogP contribution is -2.36. The van der Waals surface area contributed by atoms with Crippen molar-refractivity contribution in [3.63, 3.8) is 0 Å². The number of morpholine rings is 1. The number of hydrogen-bond acceptors (Lipinski definition) is 4. The molecule has 1 saturated heterocycles. The van der Waals surface area contributed by atoms with Crippen molar-refractivity contribution in [3.05, 3.63) is 95.1 Å². The normalized spacial score (nSPS) is 15.8. The van der Waals surface area contributed by atoms with Gasteiger partial charge in [0.05, 0.1) is 13.2 Å². The topological polar surface area (TPSA) is 36.0 Å². The highest BCUT2D eigenvalue weighted by Crippen LogP contribution is 2.25. The van der Waals surface area contributed by atoms with Crippen LogP contribution in [0.1, 0.15) is 27.0 Å². The van der Waals surface area contributed by atoms with Gasteiger partial charge in [-0.05, 0) is 59.5 Å². The third-order valence-corrected chi connectivity index (χ3v) is 6.69. The predicted octanol–water partition coefficient (Wildman–Crippen LogP) is 4.36. The van der Waals surface area contributed by atoms with Crippen LogP contribution in [0, 0.1) is 0 Å². The molecule has 5 rings (SSSR count). The molecule has 2 aliphatic rings. The molecule has 2 heterocycles. The first-order chi connectivity index (χ1) is 16.2. The average Bonchev–Trinajstić information content (AvgIpc) is 2.89. The second kappa shape index (κ2) is 9.67. The molecule has 0 unspecified atom stereocenters. The fourth-order valence-corrected chi connectivity index (χ4v) is 4.73. The summed E-state index contributed by atoms with van der Waals surface area (Å²) in [5.41, 5.74) is 7.08. The Morgan fingerprint density at radius 2 is 1.45 bits per heavy atom. The van der Waals surface area contributed by atoms with Crippen LogP contribution < -0.4 is 9.80 Å². The van der Waals surface area contributed by atoms with E-state index in [4.69, 9.17) is 4.74 Å². The second-order valence-electron chi connectivity index (χ2n) is 8.91. The molecule has 3 aromatic carbocycles. The maximum atomic E-state index is 13.0. The van der Waals surface area contributed by atoms with E-state index < -0.39 is 0 Å². The molecule has 5 nitrogen and oxygen atoms in total. The minimum Gasteiger partial charge on any atom is -0.378 e. The molecule has 0 aromatic heterocycles. The highest BCUT2D eigenvalue weighted by Gasteiger charge is 2.18. The first-order valence-electron chi connectivity index (χ1n) is 11.8. The highest BCUT2D eigenvalue weighted by atomic mass is 16.5. The van der Waals surface area contributed by atoms with E-state index in [1.807, 2.05) is 19.2 Å². The molecule has 0 spiro atoms. The Labute approximate surface area is 196 Å². The Hall–Kier alpha value is -3.31. The lowest BCUT2D eigenvalue weighted by Gasteiger charge is -2.31. The Morgan fingerprint density at radius 1 is 0.818 bits per heavy atom.